The number of esters is 1. The normalized spacial score (nSPS) is 12.1. The van der Waals surface area contributed by atoms with Crippen LogP contribution in [0.3, 0.4) is 0 Å². The van der Waals surface area contributed by atoms with Crippen molar-refractivity contribution >= 4 is 27.7 Å². The highest BCUT2D eigenvalue weighted by atomic mass is 35.5. The number of carbonyl (C=O) groups excluding carboxylic acids is 1. The van der Waals surface area contributed by atoms with Gasteiger partial charge in [0.1, 0.15) is 5.56 Å². The maximum absolute atomic E-state index is 12.2. The summed E-state index contributed by atoms with van der Waals surface area (Å²) in [6.45, 7) is 0. The number of hydrogen-bond acceptors (Lipinski definition) is 5. The first-order valence-corrected chi connectivity index (χ1v) is 6.25. The van der Waals surface area contributed by atoms with Crippen molar-refractivity contribution in [3.8, 4) is 5.75 Å². The SMILES string of the molecule is COC(=O)c1cc(Cl)ccc1OS(=O)(=O)C(F)(F)F. The molecule has 0 bridgehead atoms. The predicted molar refractivity (Wildman–Crippen MR) is 58.4 cm³/mol. The van der Waals surface area contributed by atoms with E-state index < -0.39 is 32.9 Å². The van der Waals surface area contributed by atoms with Crippen LogP contribution in [-0.2, 0) is 14.9 Å². The fourth-order valence-corrected chi connectivity index (χ4v) is 1.66. The number of carbonyl (C=O) groups is 1. The monoisotopic (exact) mass is 318 g/mol. The maximum Gasteiger partial charge on any atom is 0.534 e. The van der Waals surface area contributed by atoms with Gasteiger partial charge in [-0.3, -0.25) is 0 Å². The van der Waals surface area contributed by atoms with E-state index >= 15 is 0 Å². The average Bonchev–Trinajstić information content (AvgIpc) is 2.28. The van der Waals surface area contributed by atoms with Crippen LogP contribution in [0.1, 0.15) is 10.4 Å². The first kappa shape index (κ1) is 15.6. The molecule has 1 rings (SSSR count). The van der Waals surface area contributed by atoms with Gasteiger partial charge in [-0.2, -0.15) is 21.6 Å². The minimum Gasteiger partial charge on any atom is -0.465 e. The van der Waals surface area contributed by atoms with Crippen LogP contribution in [0.4, 0.5) is 13.2 Å². The molecule has 10 heteroatoms. The Morgan fingerprint density at radius 3 is 2.37 bits per heavy atom. The highest BCUT2D eigenvalue weighted by Gasteiger charge is 2.49. The summed E-state index contributed by atoms with van der Waals surface area (Å²) in [5, 5.41) is -0.00263. The van der Waals surface area contributed by atoms with Gasteiger partial charge in [-0.1, -0.05) is 11.6 Å². The van der Waals surface area contributed by atoms with E-state index in [2.05, 4.69) is 8.92 Å². The van der Waals surface area contributed by atoms with Crippen molar-refractivity contribution in [3.63, 3.8) is 0 Å². The van der Waals surface area contributed by atoms with E-state index in [0.29, 0.717) is 0 Å². The van der Waals surface area contributed by atoms with Crippen molar-refractivity contribution in [2.45, 2.75) is 5.51 Å². The second-order valence-corrected chi connectivity index (χ2v) is 5.09. The van der Waals surface area contributed by atoms with E-state index in [-0.39, 0.29) is 5.02 Å². The van der Waals surface area contributed by atoms with Crippen molar-refractivity contribution < 1.29 is 35.3 Å². The molecule has 0 spiro atoms. The number of halogens is 4. The number of hydrogen-bond donors (Lipinski definition) is 0. The van der Waals surface area contributed by atoms with Crippen LogP contribution >= 0.6 is 11.6 Å². The largest absolute Gasteiger partial charge is 0.534 e. The van der Waals surface area contributed by atoms with Crippen molar-refractivity contribution in [1.82, 2.24) is 0 Å². The molecule has 0 aliphatic carbocycles. The fourth-order valence-electron chi connectivity index (χ4n) is 1.01. The number of benzene rings is 1. The van der Waals surface area contributed by atoms with Gasteiger partial charge >= 0.3 is 21.6 Å². The summed E-state index contributed by atoms with van der Waals surface area (Å²) in [4.78, 5) is 11.3. The van der Waals surface area contributed by atoms with Gasteiger partial charge in [0.05, 0.1) is 7.11 Å². The summed E-state index contributed by atoms with van der Waals surface area (Å²) >= 11 is 5.54. The van der Waals surface area contributed by atoms with Crippen LogP contribution in [0.5, 0.6) is 5.75 Å². The van der Waals surface area contributed by atoms with E-state index in [1.165, 1.54) is 0 Å². The Morgan fingerprint density at radius 2 is 1.89 bits per heavy atom. The molecule has 0 heterocycles. The standard InChI is InChI=1S/C9H6ClF3O5S/c1-17-8(14)6-4-5(10)2-3-7(6)18-19(15,16)9(11,12)13/h2-4H,1H3. The topological polar surface area (TPSA) is 69.7 Å². The first-order valence-electron chi connectivity index (χ1n) is 4.47. The van der Waals surface area contributed by atoms with Crippen LogP contribution in [0.2, 0.25) is 5.02 Å². The lowest BCUT2D eigenvalue weighted by atomic mass is 10.2. The molecule has 19 heavy (non-hydrogen) atoms. The van der Waals surface area contributed by atoms with Crippen molar-refractivity contribution in [3.05, 3.63) is 28.8 Å². The van der Waals surface area contributed by atoms with Gasteiger partial charge in [0.25, 0.3) is 0 Å². The molecular weight excluding hydrogens is 313 g/mol. The second-order valence-electron chi connectivity index (χ2n) is 3.12. The molecule has 0 unspecified atom stereocenters. The van der Waals surface area contributed by atoms with Gasteiger partial charge in [0.2, 0.25) is 0 Å². The zero-order valence-electron chi connectivity index (χ0n) is 9.19. The summed E-state index contributed by atoms with van der Waals surface area (Å²) in [6.07, 6.45) is 0. The lowest BCUT2D eigenvalue weighted by Gasteiger charge is -2.12. The second kappa shape index (κ2) is 5.25. The summed E-state index contributed by atoms with van der Waals surface area (Å²) in [5.41, 5.74) is -6.15. The number of ether oxygens (including phenoxy) is 1. The molecule has 106 valence electrons. The van der Waals surface area contributed by atoms with Gasteiger partial charge in [0, 0.05) is 5.02 Å². The predicted octanol–water partition coefficient (Wildman–Crippen LogP) is 2.36. The van der Waals surface area contributed by atoms with E-state index in [9.17, 15) is 26.4 Å². The van der Waals surface area contributed by atoms with Gasteiger partial charge in [0.15, 0.2) is 5.75 Å². The lowest BCUT2D eigenvalue weighted by Crippen LogP contribution is -2.28. The van der Waals surface area contributed by atoms with Gasteiger partial charge in [-0.05, 0) is 18.2 Å². The summed E-state index contributed by atoms with van der Waals surface area (Å²) in [7, 11) is -4.92. The van der Waals surface area contributed by atoms with Crippen LogP contribution in [-0.4, -0.2) is 27.0 Å². The molecule has 0 fully saturated rings. The quantitative estimate of drug-likeness (QED) is 0.486. The summed E-state index contributed by atoms with van der Waals surface area (Å²) in [5.74, 6) is -1.91. The number of rotatable bonds is 3. The maximum atomic E-state index is 12.2. The molecule has 0 amide bonds. The third-order valence-electron chi connectivity index (χ3n) is 1.83. The van der Waals surface area contributed by atoms with E-state index in [1.54, 1.807) is 0 Å². The third-order valence-corrected chi connectivity index (χ3v) is 3.03. The molecule has 0 N–H and O–H groups in total. The first-order chi connectivity index (χ1) is 8.58. The van der Waals surface area contributed by atoms with Crippen LogP contribution < -0.4 is 4.18 Å². The number of methoxy groups -OCH3 is 1. The highest BCUT2D eigenvalue weighted by Crippen LogP contribution is 2.30. The fraction of sp³-hybridized carbons (Fsp3) is 0.222. The van der Waals surface area contributed by atoms with Crippen molar-refractivity contribution in [1.29, 1.82) is 0 Å². The van der Waals surface area contributed by atoms with Gasteiger partial charge < -0.3 is 8.92 Å². The molecule has 0 aliphatic rings. The molecule has 0 radical (unpaired) electrons. The van der Waals surface area contributed by atoms with Gasteiger partial charge in [-0.15, -0.1) is 0 Å². The Morgan fingerprint density at radius 1 is 1.32 bits per heavy atom. The van der Waals surface area contributed by atoms with Gasteiger partial charge in [-0.25, -0.2) is 4.79 Å². The van der Waals surface area contributed by atoms with E-state index in [4.69, 9.17) is 11.6 Å². The van der Waals surface area contributed by atoms with E-state index in [0.717, 1.165) is 25.3 Å². The van der Waals surface area contributed by atoms with E-state index in [1.807, 2.05) is 0 Å². The van der Waals surface area contributed by atoms with Crippen molar-refractivity contribution in [2.24, 2.45) is 0 Å². The Labute approximate surface area is 111 Å². The minimum atomic E-state index is -5.88. The molecule has 1 aromatic rings. The number of alkyl halides is 3. The van der Waals surface area contributed by atoms with Crippen molar-refractivity contribution in [2.75, 3.05) is 7.11 Å². The molecule has 0 atom stereocenters. The molecule has 0 saturated heterocycles. The van der Waals surface area contributed by atoms with Crippen LogP contribution in [0.25, 0.3) is 0 Å². The highest BCUT2D eigenvalue weighted by molar-refractivity contribution is 7.88. The molecule has 5 nitrogen and oxygen atoms in total. The zero-order chi connectivity index (χ0) is 14.8. The summed E-state index contributed by atoms with van der Waals surface area (Å²) in [6, 6.07) is 2.81. The Kier molecular flexibility index (Phi) is 4.31. The molecule has 0 aromatic heterocycles. The summed E-state index contributed by atoms with van der Waals surface area (Å²) < 4.78 is 66.3. The molecule has 0 saturated carbocycles. The molecular formula is C9H6ClF3O5S. The van der Waals surface area contributed by atoms with Crippen LogP contribution in [0.15, 0.2) is 18.2 Å². The smallest absolute Gasteiger partial charge is 0.465 e. The zero-order valence-corrected chi connectivity index (χ0v) is 10.8. The molecule has 0 aliphatic heterocycles. The average molecular weight is 319 g/mol. The minimum absolute atomic E-state index is 0.00263. The lowest BCUT2D eigenvalue weighted by molar-refractivity contribution is -0.0500. The Bertz CT molecular complexity index is 596. The third kappa shape index (κ3) is 3.51. The molecule has 1 aromatic carbocycles. The van der Waals surface area contributed by atoms with Crippen LogP contribution in [0, 0.1) is 0 Å². The Hall–Kier alpha value is -1.48. The Balaban J connectivity index is 3.26.